The predicted octanol–water partition coefficient (Wildman–Crippen LogP) is 4.67. The molecule has 0 unspecified atom stereocenters. The Morgan fingerprint density at radius 3 is 2.52 bits per heavy atom. The lowest BCUT2D eigenvalue weighted by atomic mass is 10.0. The van der Waals surface area contributed by atoms with Gasteiger partial charge in [-0.3, -0.25) is 9.59 Å². The molecular formula is C32H39N7O3. The summed E-state index contributed by atoms with van der Waals surface area (Å²) in [5, 5.41) is 13.9. The highest BCUT2D eigenvalue weighted by molar-refractivity contribution is 6.08. The quantitative estimate of drug-likeness (QED) is 0.274. The van der Waals surface area contributed by atoms with Gasteiger partial charge in [0.2, 0.25) is 5.91 Å². The van der Waals surface area contributed by atoms with E-state index in [0.717, 1.165) is 28.1 Å². The standard InChI is InChI=1S/C32H39N7O3/c1-20(2)31(41)39-14-13-27-26(18-39)30(35-24-11-9-21(10-12-24)23(16-33)17-34)37-29(36-27)22-7-6-8-25(15-22)42-19-28(40)38-32(3,4)5/h6-12,15-17,20,33H,13-14,18-19,34H2,1-5H3,(H,38,40)(H,35,36,37)/b23-17+,33-16?. The Bertz CT molecular complexity index is 1490. The van der Waals surface area contributed by atoms with Gasteiger partial charge < -0.3 is 31.4 Å². The van der Waals surface area contributed by atoms with Gasteiger partial charge in [-0.1, -0.05) is 38.1 Å². The second-order valence-electron chi connectivity index (χ2n) is 11.6. The van der Waals surface area contributed by atoms with Crippen LogP contribution in [0.2, 0.25) is 0 Å². The number of aromatic nitrogens is 2. The third kappa shape index (κ3) is 7.51. The molecule has 0 saturated carbocycles. The second kappa shape index (κ2) is 12.8. The number of amides is 2. The number of carbonyl (C=O) groups is 2. The average Bonchev–Trinajstić information content (AvgIpc) is 2.96. The fraction of sp³-hybridized carbons (Fsp3) is 0.344. The molecule has 10 nitrogen and oxygen atoms in total. The van der Waals surface area contributed by atoms with E-state index in [-0.39, 0.29) is 29.9 Å². The van der Waals surface area contributed by atoms with Crippen molar-refractivity contribution in [3.05, 3.63) is 71.6 Å². The number of rotatable bonds is 9. The minimum Gasteiger partial charge on any atom is -0.484 e. The Kier molecular flexibility index (Phi) is 9.25. The van der Waals surface area contributed by atoms with Gasteiger partial charge in [0.05, 0.1) is 12.2 Å². The molecule has 0 radical (unpaired) electrons. The zero-order chi connectivity index (χ0) is 30.4. The molecule has 0 atom stereocenters. The first-order valence-corrected chi connectivity index (χ1v) is 14.0. The highest BCUT2D eigenvalue weighted by atomic mass is 16.5. The minimum absolute atomic E-state index is 0.0909. The van der Waals surface area contributed by atoms with Crippen molar-refractivity contribution in [1.82, 2.24) is 20.2 Å². The van der Waals surface area contributed by atoms with Crippen LogP contribution in [0.5, 0.6) is 5.75 Å². The number of allylic oxidation sites excluding steroid dienone is 1. The Hall–Kier alpha value is -4.73. The van der Waals surface area contributed by atoms with Crippen LogP contribution in [0.1, 0.15) is 51.4 Å². The molecule has 0 fully saturated rings. The summed E-state index contributed by atoms with van der Waals surface area (Å²) in [6.45, 7) is 10.4. The molecule has 5 N–H and O–H groups in total. The summed E-state index contributed by atoms with van der Waals surface area (Å²) in [6, 6.07) is 14.9. The molecule has 42 heavy (non-hydrogen) atoms. The monoisotopic (exact) mass is 569 g/mol. The van der Waals surface area contributed by atoms with Crippen molar-refractivity contribution in [3.63, 3.8) is 0 Å². The molecule has 2 heterocycles. The number of benzene rings is 2. The van der Waals surface area contributed by atoms with Gasteiger partial charge in [0.15, 0.2) is 12.4 Å². The third-order valence-electron chi connectivity index (χ3n) is 6.66. The lowest BCUT2D eigenvalue weighted by Crippen LogP contribution is -2.43. The van der Waals surface area contributed by atoms with Gasteiger partial charge in [0, 0.05) is 59.2 Å². The van der Waals surface area contributed by atoms with Gasteiger partial charge in [0.25, 0.3) is 5.91 Å². The number of ether oxygens (including phenoxy) is 1. The summed E-state index contributed by atoms with van der Waals surface area (Å²) in [6.07, 6.45) is 3.21. The number of fused-ring (bicyclic) bond motifs is 1. The molecule has 1 aliphatic rings. The van der Waals surface area contributed by atoms with Gasteiger partial charge in [-0.25, -0.2) is 9.97 Å². The maximum atomic E-state index is 12.8. The number of nitrogens with two attached hydrogens (primary N) is 1. The second-order valence-corrected chi connectivity index (χ2v) is 11.6. The summed E-state index contributed by atoms with van der Waals surface area (Å²) in [5.74, 6) is 1.44. The van der Waals surface area contributed by atoms with Gasteiger partial charge >= 0.3 is 0 Å². The molecule has 4 rings (SSSR count). The lowest BCUT2D eigenvalue weighted by Gasteiger charge is -2.31. The predicted molar refractivity (Wildman–Crippen MR) is 165 cm³/mol. The Balaban J connectivity index is 1.66. The van der Waals surface area contributed by atoms with Gasteiger partial charge in [-0.05, 0) is 50.6 Å². The SMILES string of the molecule is CC(C)C(=O)N1CCc2nc(-c3cccc(OCC(=O)NC(C)(C)C)c3)nc(Nc3ccc(/C(C=N)=C/N)cc3)c2C1. The topological polar surface area (TPSA) is 146 Å². The van der Waals surface area contributed by atoms with Crippen LogP contribution in [0.3, 0.4) is 0 Å². The summed E-state index contributed by atoms with van der Waals surface area (Å²) in [7, 11) is 0. The van der Waals surface area contributed by atoms with Crippen molar-refractivity contribution in [2.75, 3.05) is 18.5 Å². The smallest absolute Gasteiger partial charge is 0.258 e. The first-order valence-electron chi connectivity index (χ1n) is 14.0. The number of nitrogens with zero attached hydrogens (tertiary/aromatic N) is 3. The molecule has 2 aromatic carbocycles. The molecule has 1 aromatic heterocycles. The largest absolute Gasteiger partial charge is 0.484 e. The fourth-order valence-corrected chi connectivity index (χ4v) is 4.64. The molecule has 0 aliphatic carbocycles. The molecule has 2 amide bonds. The third-order valence-corrected chi connectivity index (χ3v) is 6.66. The van der Waals surface area contributed by atoms with Crippen LogP contribution in [0.15, 0.2) is 54.7 Å². The van der Waals surface area contributed by atoms with Gasteiger partial charge in [0.1, 0.15) is 11.6 Å². The van der Waals surface area contributed by atoms with Crippen LogP contribution in [0.25, 0.3) is 17.0 Å². The maximum absolute atomic E-state index is 12.8. The van der Waals surface area contributed by atoms with E-state index in [9.17, 15) is 9.59 Å². The van der Waals surface area contributed by atoms with Crippen LogP contribution in [-0.2, 0) is 22.6 Å². The lowest BCUT2D eigenvalue weighted by molar-refractivity contribution is -0.135. The van der Waals surface area contributed by atoms with Crippen molar-refractivity contribution in [2.45, 2.75) is 53.1 Å². The molecule has 220 valence electrons. The van der Waals surface area contributed by atoms with E-state index in [0.29, 0.717) is 42.5 Å². The zero-order valence-corrected chi connectivity index (χ0v) is 24.8. The summed E-state index contributed by atoms with van der Waals surface area (Å²) in [5.41, 5.74) is 10.0. The molecule has 0 spiro atoms. The Labute approximate surface area is 246 Å². The van der Waals surface area contributed by atoms with Crippen LogP contribution >= 0.6 is 0 Å². The average molecular weight is 570 g/mol. The highest BCUT2D eigenvalue weighted by Gasteiger charge is 2.27. The summed E-state index contributed by atoms with van der Waals surface area (Å²) >= 11 is 0. The van der Waals surface area contributed by atoms with Crippen molar-refractivity contribution >= 4 is 35.1 Å². The van der Waals surface area contributed by atoms with Crippen molar-refractivity contribution in [2.24, 2.45) is 11.7 Å². The summed E-state index contributed by atoms with van der Waals surface area (Å²) in [4.78, 5) is 36.7. The van der Waals surface area contributed by atoms with Gasteiger partial charge in [-0.15, -0.1) is 0 Å². The van der Waals surface area contributed by atoms with Crippen molar-refractivity contribution in [3.8, 4) is 17.1 Å². The maximum Gasteiger partial charge on any atom is 0.258 e. The molecule has 0 saturated heterocycles. The molecule has 3 aromatic rings. The van der Waals surface area contributed by atoms with Crippen LogP contribution in [0.4, 0.5) is 11.5 Å². The van der Waals surface area contributed by atoms with Gasteiger partial charge in [-0.2, -0.15) is 0 Å². The van der Waals surface area contributed by atoms with Crippen LogP contribution < -0.4 is 21.1 Å². The van der Waals surface area contributed by atoms with Crippen molar-refractivity contribution in [1.29, 1.82) is 5.41 Å². The molecular weight excluding hydrogens is 530 g/mol. The van der Waals surface area contributed by atoms with Crippen molar-refractivity contribution < 1.29 is 14.3 Å². The normalized spacial score (nSPS) is 13.4. The summed E-state index contributed by atoms with van der Waals surface area (Å²) < 4.78 is 5.77. The zero-order valence-electron chi connectivity index (χ0n) is 24.8. The first-order chi connectivity index (χ1) is 20.0. The van der Waals surface area contributed by atoms with E-state index in [1.807, 2.05) is 82.0 Å². The highest BCUT2D eigenvalue weighted by Crippen LogP contribution is 2.31. The van der Waals surface area contributed by atoms with E-state index in [1.165, 1.54) is 12.4 Å². The van der Waals surface area contributed by atoms with Crippen LogP contribution in [-0.4, -0.2) is 51.6 Å². The van der Waals surface area contributed by atoms with E-state index in [4.69, 9.17) is 25.8 Å². The van der Waals surface area contributed by atoms with Crippen LogP contribution in [0, 0.1) is 11.3 Å². The molecule has 10 heteroatoms. The number of carbonyl (C=O) groups excluding carboxylic acids is 2. The first kappa shape index (κ1) is 30.2. The number of hydrogen-bond donors (Lipinski definition) is 4. The fourth-order valence-electron chi connectivity index (χ4n) is 4.64. The minimum atomic E-state index is -0.345. The van der Waals surface area contributed by atoms with E-state index >= 15 is 0 Å². The van der Waals surface area contributed by atoms with E-state index < -0.39 is 0 Å². The molecule has 1 aliphatic heterocycles. The van der Waals surface area contributed by atoms with E-state index in [2.05, 4.69) is 10.6 Å². The van der Waals surface area contributed by atoms with E-state index in [1.54, 1.807) is 6.07 Å². The number of anilines is 2. The Morgan fingerprint density at radius 2 is 1.88 bits per heavy atom. The Morgan fingerprint density at radius 1 is 1.14 bits per heavy atom. The number of nitrogens with one attached hydrogen (secondary N) is 3. The number of hydrogen-bond acceptors (Lipinski definition) is 8. The molecule has 0 bridgehead atoms.